The van der Waals surface area contributed by atoms with Crippen LogP contribution in [0.15, 0.2) is 48.9 Å². The molecule has 0 bridgehead atoms. The number of alkyl halides is 7. The quantitative estimate of drug-likeness (QED) is 0.206. The Morgan fingerprint density at radius 1 is 0.875 bits per heavy atom. The van der Waals surface area contributed by atoms with Gasteiger partial charge in [-0.2, -0.15) is 26.3 Å². The second-order valence-corrected chi connectivity index (χ2v) is 7.25. The monoisotopic (exact) mass is 568 g/mol. The van der Waals surface area contributed by atoms with E-state index < -0.39 is 23.6 Å². The summed E-state index contributed by atoms with van der Waals surface area (Å²) in [6, 6.07) is 8.73. The molecule has 0 amide bonds. The molecule has 0 atom stereocenters. The standard InChI is InChI=1S/C20H15F6IN4O/c21-19(22,23)13-3-6-16(29-10-13)32-14-4-1-12(2-5-14)7-8-28-18-15(9-27)17(20(24,25)26)30-11-31-18/h1-6,10-11H,7-9H2,(H,28,30,31). The van der Waals surface area contributed by atoms with Crippen molar-refractivity contribution in [1.82, 2.24) is 15.0 Å². The van der Waals surface area contributed by atoms with E-state index in [2.05, 4.69) is 20.3 Å². The van der Waals surface area contributed by atoms with Gasteiger partial charge in [0.15, 0.2) is 5.69 Å². The summed E-state index contributed by atoms with van der Waals surface area (Å²) in [6.45, 7) is 0.332. The Morgan fingerprint density at radius 3 is 2.16 bits per heavy atom. The number of aromatic nitrogens is 3. The topological polar surface area (TPSA) is 59.9 Å². The Bertz CT molecular complexity index is 1040. The lowest BCUT2D eigenvalue weighted by Crippen LogP contribution is -2.16. The summed E-state index contributed by atoms with van der Waals surface area (Å²) in [7, 11) is 0. The molecule has 0 saturated carbocycles. The van der Waals surface area contributed by atoms with Gasteiger partial charge in [0, 0.05) is 28.8 Å². The predicted octanol–water partition coefficient (Wildman–Crippen LogP) is 6.29. The minimum absolute atomic E-state index is 0.00612. The highest BCUT2D eigenvalue weighted by atomic mass is 127. The number of halogens is 7. The molecular formula is C20H15F6IN4O. The molecule has 0 spiro atoms. The number of rotatable bonds is 7. The Labute approximate surface area is 192 Å². The van der Waals surface area contributed by atoms with Gasteiger partial charge in [-0.3, -0.25) is 0 Å². The zero-order chi connectivity index (χ0) is 23.4. The van der Waals surface area contributed by atoms with E-state index in [9.17, 15) is 26.3 Å². The second-order valence-electron chi connectivity index (χ2n) is 6.49. The maximum Gasteiger partial charge on any atom is 0.433 e. The number of anilines is 1. The molecule has 170 valence electrons. The third kappa shape index (κ3) is 6.20. The van der Waals surface area contributed by atoms with Crippen LogP contribution >= 0.6 is 22.6 Å². The summed E-state index contributed by atoms with van der Waals surface area (Å²) in [5.74, 6) is 0.532. The van der Waals surface area contributed by atoms with Crippen molar-refractivity contribution >= 4 is 28.4 Å². The van der Waals surface area contributed by atoms with E-state index in [-0.39, 0.29) is 21.7 Å². The molecule has 1 N–H and O–H groups in total. The molecule has 2 aromatic heterocycles. The molecular weight excluding hydrogens is 553 g/mol. The summed E-state index contributed by atoms with van der Waals surface area (Å²) in [4.78, 5) is 10.9. The van der Waals surface area contributed by atoms with Crippen LogP contribution in [0.3, 0.4) is 0 Å². The number of hydrogen-bond donors (Lipinski definition) is 1. The highest BCUT2D eigenvalue weighted by Gasteiger charge is 2.36. The van der Waals surface area contributed by atoms with Gasteiger partial charge in [0.25, 0.3) is 0 Å². The fourth-order valence-corrected chi connectivity index (χ4v) is 3.44. The Kier molecular flexibility index (Phi) is 7.41. The van der Waals surface area contributed by atoms with E-state index in [1.54, 1.807) is 24.3 Å². The minimum atomic E-state index is -4.56. The SMILES string of the molecule is FC(F)(F)c1ccc(Oc2ccc(CCNc3ncnc(C(F)(F)F)c3CI)cc2)nc1. The van der Waals surface area contributed by atoms with Crippen molar-refractivity contribution in [3.63, 3.8) is 0 Å². The predicted molar refractivity (Wildman–Crippen MR) is 113 cm³/mol. The molecule has 0 radical (unpaired) electrons. The first-order valence-corrected chi connectivity index (χ1v) is 10.6. The van der Waals surface area contributed by atoms with Crippen molar-refractivity contribution in [3.8, 4) is 11.6 Å². The van der Waals surface area contributed by atoms with Crippen LogP contribution in [0.4, 0.5) is 32.2 Å². The first kappa shape index (κ1) is 24.0. The molecule has 0 aliphatic heterocycles. The van der Waals surface area contributed by atoms with Crippen LogP contribution in [0.2, 0.25) is 0 Å². The van der Waals surface area contributed by atoms with E-state index in [1.807, 2.05) is 22.6 Å². The van der Waals surface area contributed by atoms with Crippen LogP contribution in [-0.2, 0) is 23.2 Å². The average molecular weight is 568 g/mol. The highest BCUT2D eigenvalue weighted by Crippen LogP contribution is 2.34. The smallest absolute Gasteiger partial charge is 0.433 e. The fourth-order valence-electron chi connectivity index (χ4n) is 2.71. The van der Waals surface area contributed by atoms with Gasteiger partial charge >= 0.3 is 12.4 Å². The molecule has 1 aromatic carbocycles. The zero-order valence-corrected chi connectivity index (χ0v) is 18.3. The molecule has 0 aliphatic carbocycles. The molecule has 5 nitrogen and oxygen atoms in total. The van der Waals surface area contributed by atoms with E-state index in [4.69, 9.17) is 4.74 Å². The van der Waals surface area contributed by atoms with Crippen molar-refractivity contribution < 1.29 is 31.1 Å². The third-order valence-corrected chi connectivity index (χ3v) is 5.03. The maximum atomic E-state index is 13.1. The Morgan fingerprint density at radius 2 is 1.59 bits per heavy atom. The van der Waals surface area contributed by atoms with Crippen LogP contribution in [0.5, 0.6) is 11.6 Å². The molecule has 0 unspecified atom stereocenters. The van der Waals surface area contributed by atoms with Crippen molar-refractivity contribution in [3.05, 3.63) is 71.3 Å². The van der Waals surface area contributed by atoms with Crippen molar-refractivity contribution in [1.29, 1.82) is 0 Å². The summed E-state index contributed by atoms with van der Waals surface area (Å²) in [5.41, 5.74) is -0.966. The number of nitrogens with one attached hydrogen (secondary N) is 1. The van der Waals surface area contributed by atoms with Crippen LogP contribution in [0, 0.1) is 0 Å². The molecule has 3 aromatic rings. The minimum Gasteiger partial charge on any atom is -0.439 e. The van der Waals surface area contributed by atoms with E-state index in [0.29, 0.717) is 24.9 Å². The molecule has 0 saturated heterocycles. The van der Waals surface area contributed by atoms with Crippen molar-refractivity contribution in [2.75, 3.05) is 11.9 Å². The van der Waals surface area contributed by atoms with Gasteiger partial charge in [-0.25, -0.2) is 15.0 Å². The van der Waals surface area contributed by atoms with Gasteiger partial charge in [0.2, 0.25) is 5.88 Å². The molecule has 0 fully saturated rings. The van der Waals surface area contributed by atoms with Gasteiger partial charge in [-0.1, -0.05) is 34.7 Å². The summed E-state index contributed by atoms with van der Waals surface area (Å²) in [6.07, 6.45) is -6.97. The average Bonchev–Trinajstić information content (AvgIpc) is 2.74. The second kappa shape index (κ2) is 9.88. The van der Waals surface area contributed by atoms with Gasteiger partial charge in [0.1, 0.15) is 17.9 Å². The van der Waals surface area contributed by atoms with Gasteiger partial charge in [0.05, 0.1) is 5.56 Å². The highest BCUT2D eigenvalue weighted by molar-refractivity contribution is 14.1. The number of benzene rings is 1. The van der Waals surface area contributed by atoms with Crippen LogP contribution < -0.4 is 10.1 Å². The summed E-state index contributed by atoms with van der Waals surface area (Å²) in [5, 5.41) is 2.91. The lowest BCUT2D eigenvalue weighted by molar-refractivity contribution is -0.141. The van der Waals surface area contributed by atoms with E-state index in [0.717, 1.165) is 24.0 Å². The van der Waals surface area contributed by atoms with Crippen LogP contribution in [0.1, 0.15) is 22.4 Å². The van der Waals surface area contributed by atoms with E-state index in [1.165, 1.54) is 0 Å². The van der Waals surface area contributed by atoms with Crippen LogP contribution in [-0.4, -0.2) is 21.5 Å². The summed E-state index contributed by atoms with van der Waals surface area (Å²) < 4.78 is 82.5. The van der Waals surface area contributed by atoms with Crippen LogP contribution in [0.25, 0.3) is 0 Å². The number of ether oxygens (including phenoxy) is 1. The number of pyridine rings is 1. The third-order valence-electron chi connectivity index (χ3n) is 4.26. The molecule has 3 rings (SSSR count). The maximum absolute atomic E-state index is 13.1. The lowest BCUT2D eigenvalue weighted by atomic mass is 10.1. The van der Waals surface area contributed by atoms with E-state index >= 15 is 0 Å². The molecule has 0 aliphatic rings. The molecule has 12 heteroatoms. The van der Waals surface area contributed by atoms with Crippen molar-refractivity contribution in [2.45, 2.75) is 23.2 Å². The zero-order valence-electron chi connectivity index (χ0n) is 16.1. The van der Waals surface area contributed by atoms with Gasteiger partial charge in [-0.15, -0.1) is 0 Å². The summed E-state index contributed by atoms with van der Waals surface area (Å²) >= 11 is 1.83. The lowest BCUT2D eigenvalue weighted by Gasteiger charge is -2.14. The number of nitrogens with zero attached hydrogens (tertiary/aromatic N) is 3. The molecule has 2 heterocycles. The molecule has 32 heavy (non-hydrogen) atoms. The normalized spacial score (nSPS) is 12.0. The van der Waals surface area contributed by atoms with Gasteiger partial charge < -0.3 is 10.1 Å². The Balaban J connectivity index is 1.58. The van der Waals surface area contributed by atoms with Crippen molar-refractivity contribution in [2.24, 2.45) is 0 Å². The first-order chi connectivity index (χ1) is 15.1. The first-order valence-electron chi connectivity index (χ1n) is 9.09. The van der Waals surface area contributed by atoms with Gasteiger partial charge in [-0.05, 0) is 30.2 Å². The Hall–Kier alpha value is -2.64. The fraction of sp³-hybridized carbons (Fsp3) is 0.250. The largest absolute Gasteiger partial charge is 0.439 e. The number of hydrogen-bond acceptors (Lipinski definition) is 5.